The first-order valence-electron chi connectivity index (χ1n) is 9.55. The molecule has 2 rings (SSSR count). The molecule has 0 N–H and O–H groups in total. The van der Waals surface area contributed by atoms with Crippen LogP contribution in [0, 0.1) is 51.4 Å². The molecule has 0 unspecified atom stereocenters. The monoisotopic (exact) mass is 382 g/mol. The highest BCUT2D eigenvalue weighted by Crippen LogP contribution is 2.20. The number of aryl methyl sites for hydroxylation is 6. The van der Waals surface area contributed by atoms with E-state index in [-0.39, 0.29) is 0 Å². The maximum absolute atomic E-state index is 11.4. The van der Waals surface area contributed by atoms with Crippen LogP contribution in [0.4, 0.5) is 0 Å². The molecule has 0 saturated carbocycles. The first-order chi connectivity index (χ1) is 13.2. The smallest absolute Gasteiger partial charge is 0.0648 e. The van der Waals surface area contributed by atoms with Gasteiger partial charge in [0.1, 0.15) is 0 Å². The van der Waals surface area contributed by atoms with E-state index in [9.17, 15) is 9.81 Å². The highest BCUT2D eigenvalue weighted by Gasteiger charge is 2.14. The maximum Gasteiger partial charge on any atom is 0.0648 e. The van der Waals surface area contributed by atoms with Gasteiger partial charge in [-0.15, -0.1) is 9.81 Å². The van der Waals surface area contributed by atoms with E-state index in [1.165, 1.54) is 21.1 Å². The largest absolute Gasteiger partial charge is 0.255 e. The Labute approximate surface area is 167 Å². The molecule has 0 heterocycles. The molecular weight excluding hydrogens is 352 g/mol. The number of hydrogen-bond acceptors (Lipinski definition) is 4. The van der Waals surface area contributed by atoms with E-state index in [4.69, 9.17) is 0 Å². The predicted octanol–water partition coefficient (Wildman–Crippen LogP) is 5.20. The third-order valence-electron chi connectivity index (χ3n) is 5.21. The Hall–Kier alpha value is -2.76. The van der Waals surface area contributed by atoms with Crippen LogP contribution in [0.1, 0.15) is 44.5 Å². The van der Waals surface area contributed by atoms with Gasteiger partial charge in [-0.3, -0.25) is 10.0 Å². The van der Waals surface area contributed by atoms with Crippen LogP contribution in [0.5, 0.6) is 0 Å². The lowest BCUT2D eigenvalue weighted by Gasteiger charge is -2.23. The molecule has 0 amide bonds. The van der Waals surface area contributed by atoms with E-state index in [1.807, 2.05) is 27.7 Å². The van der Waals surface area contributed by atoms with Crippen LogP contribution in [0.25, 0.3) is 0 Å². The third-order valence-corrected chi connectivity index (χ3v) is 5.21. The van der Waals surface area contributed by atoms with Crippen molar-refractivity contribution in [2.45, 2.75) is 54.6 Å². The van der Waals surface area contributed by atoms with Crippen molar-refractivity contribution in [2.24, 2.45) is 10.6 Å². The zero-order valence-electron chi connectivity index (χ0n) is 17.7. The van der Waals surface area contributed by atoms with Crippen LogP contribution >= 0.6 is 0 Å². The van der Waals surface area contributed by atoms with Gasteiger partial charge in [0, 0.05) is 0 Å². The minimum absolute atomic E-state index is 0.339. The van der Waals surface area contributed by atoms with E-state index < -0.39 is 0 Å². The highest BCUT2D eigenvalue weighted by molar-refractivity contribution is 5.38. The molecule has 150 valence electrons. The molecule has 6 heteroatoms. The van der Waals surface area contributed by atoms with Crippen LogP contribution < -0.4 is 0 Å². The van der Waals surface area contributed by atoms with Crippen molar-refractivity contribution in [3.8, 4) is 0 Å². The molecule has 0 aromatic heterocycles. The van der Waals surface area contributed by atoms with Crippen molar-refractivity contribution in [1.82, 2.24) is 10.0 Å². The van der Waals surface area contributed by atoms with E-state index in [0.717, 1.165) is 33.4 Å². The molecule has 0 saturated heterocycles. The summed E-state index contributed by atoms with van der Waals surface area (Å²) in [5.74, 6) is 0. The van der Waals surface area contributed by atoms with Crippen molar-refractivity contribution < 1.29 is 0 Å². The van der Waals surface area contributed by atoms with Gasteiger partial charge in [-0.1, -0.05) is 35.4 Å². The zero-order valence-corrected chi connectivity index (χ0v) is 17.7. The molecule has 0 atom stereocenters. The molecule has 0 bridgehead atoms. The second-order valence-electron chi connectivity index (χ2n) is 7.69. The summed E-state index contributed by atoms with van der Waals surface area (Å²) in [6.07, 6.45) is 0. The van der Waals surface area contributed by atoms with E-state index in [0.29, 0.717) is 26.2 Å². The topological polar surface area (TPSA) is 65.3 Å². The number of nitrogens with zero attached hydrogens (tertiary/aromatic N) is 4. The summed E-state index contributed by atoms with van der Waals surface area (Å²) in [6, 6.07) is 8.42. The Bertz CT molecular complexity index is 746. The van der Waals surface area contributed by atoms with Gasteiger partial charge in [-0.2, -0.15) is 0 Å². The van der Waals surface area contributed by atoms with Crippen LogP contribution in [-0.4, -0.2) is 23.1 Å². The molecule has 2 aromatic rings. The molecule has 0 aliphatic rings. The van der Waals surface area contributed by atoms with Crippen molar-refractivity contribution in [3.63, 3.8) is 0 Å². The van der Waals surface area contributed by atoms with Crippen molar-refractivity contribution in [3.05, 3.63) is 78.6 Å². The van der Waals surface area contributed by atoms with E-state index in [2.05, 4.69) is 48.7 Å². The Morgan fingerprint density at radius 1 is 0.607 bits per heavy atom. The average molecular weight is 383 g/mol. The van der Waals surface area contributed by atoms with Crippen LogP contribution in [-0.2, 0) is 13.1 Å². The summed E-state index contributed by atoms with van der Waals surface area (Å²) in [7, 11) is 0. The fourth-order valence-corrected chi connectivity index (χ4v) is 3.81. The van der Waals surface area contributed by atoms with Gasteiger partial charge < -0.3 is 0 Å². The van der Waals surface area contributed by atoms with Gasteiger partial charge in [-0.05, 0) is 74.9 Å². The second-order valence-corrected chi connectivity index (χ2v) is 7.69. The quantitative estimate of drug-likeness (QED) is 0.441. The first-order valence-corrected chi connectivity index (χ1v) is 9.55. The number of nitroso groups, excluding NO2 is 2. The molecule has 6 nitrogen and oxygen atoms in total. The van der Waals surface area contributed by atoms with Gasteiger partial charge in [0.15, 0.2) is 0 Å². The summed E-state index contributed by atoms with van der Waals surface area (Å²) >= 11 is 0. The van der Waals surface area contributed by atoms with Crippen LogP contribution in [0.3, 0.4) is 0 Å². The third kappa shape index (κ3) is 5.38. The lowest BCUT2D eigenvalue weighted by atomic mass is 9.99. The summed E-state index contributed by atoms with van der Waals surface area (Å²) in [6.45, 7) is 13.8. The fraction of sp³-hybridized carbons (Fsp3) is 0.455. The lowest BCUT2D eigenvalue weighted by Crippen LogP contribution is -2.29. The fourth-order valence-electron chi connectivity index (χ4n) is 3.81. The molecular formula is C22H30N4O2. The van der Waals surface area contributed by atoms with E-state index >= 15 is 0 Å². The number of hydrogen-bond donors (Lipinski definition) is 0. The van der Waals surface area contributed by atoms with Crippen molar-refractivity contribution in [2.75, 3.05) is 13.1 Å². The molecule has 0 radical (unpaired) electrons. The summed E-state index contributed by atoms with van der Waals surface area (Å²) in [5, 5.41) is 9.23. The van der Waals surface area contributed by atoms with Gasteiger partial charge in [0.25, 0.3) is 0 Å². The van der Waals surface area contributed by atoms with Crippen LogP contribution in [0.2, 0.25) is 0 Å². The Morgan fingerprint density at radius 2 is 0.893 bits per heavy atom. The summed E-state index contributed by atoms with van der Waals surface area (Å²) in [4.78, 5) is 22.7. The van der Waals surface area contributed by atoms with Crippen molar-refractivity contribution >= 4 is 0 Å². The molecule has 0 spiro atoms. The standard InChI is InChI=1S/C22H30N4O2/c1-15-9-17(3)21(18(4)10-15)13-25(23-27)7-8-26(24-28)14-22-19(5)11-16(2)12-20(22)6/h9-12H,7-8,13-14H2,1-6H3. The summed E-state index contributed by atoms with van der Waals surface area (Å²) < 4.78 is 0. The molecule has 0 aliphatic heterocycles. The van der Waals surface area contributed by atoms with E-state index in [1.54, 1.807) is 0 Å². The Morgan fingerprint density at radius 3 is 1.14 bits per heavy atom. The summed E-state index contributed by atoms with van der Waals surface area (Å²) in [5.41, 5.74) is 9.16. The normalized spacial score (nSPS) is 10.6. The molecule has 28 heavy (non-hydrogen) atoms. The molecule has 2 aromatic carbocycles. The minimum Gasteiger partial charge on any atom is -0.255 e. The van der Waals surface area contributed by atoms with Crippen molar-refractivity contribution in [1.29, 1.82) is 0 Å². The SMILES string of the molecule is Cc1cc(C)c(CN(CCN(Cc2c(C)cc(C)cc2C)N=O)N=O)c(C)c1. The van der Waals surface area contributed by atoms with Gasteiger partial charge in [0.05, 0.1) is 36.8 Å². The number of benzene rings is 2. The highest BCUT2D eigenvalue weighted by atomic mass is 16.3. The first kappa shape index (κ1) is 21.5. The average Bonchev–Trinajstić information content (AvgIpc) is 2.61. The minimum atomic E-state index is 0.339. The number of rotatable bonds is 9. The maximum atomic E-state index is 11.4. The zero-order chi connectivity index (χ0) is 20.8. The predicted molar refractivity (Wildman–Crippen MR) is 114 cm³/mol. The van der Waals surface area contributed by atoms with Gasteiger partial charge in [0.2, 0.25) is 0 Å². The second kappa shape index (κ2) is 9.44. The Balaban J connectivity index is 2.05. The molecule has 0 aliphatic carbocycles. The van der Waals surface area contributed by atoms with Gasteiger partial charge >= 0.3 is 0 Å². The lowest BCUT2D eigenvalue weighted by molar-refractivity contribution is 0.198. The Kier molecular flexibility index (Phi) is 7.26. The van der Waals surface area contributed by atoms with Gasteiger partial charge in [-0.25, -0.2) is 0 Å². The van der Waals surface area contributed by atoms with Crippen LogP contribution in [0.15, 0.2) is 34.8 Å². The molecule has 0 fully saturated rings.